The quantitative estimate of drug-likeness (QED) is 0.0699. The Hall–Kier alpha value is 0.364. The Morgan fingerprint density at radius 1 is 0.592 bits per heavy atom. The minimum atomic E-state index is -1.95. The lowest BCUT2D eigenvalue weighted by atomic mass is 9.60. The summed E-state index contributed by atoms with van der Waals surface area (Å²) in [5, 5.41) is 0.368. The van der Waals surface area contributed by atoms with Gasteiger partial charge in [0.25, 0.3) is 0 Å². The van der Waals surface area contributed by atoms with Crippen LogP contribution < -0.4 is 0 Å². The van der Waals surface area contributed by atoms with E-state index in [1.165, 1.54) is 106 Å². The molecule has 0 aromatic heterocycles. The molecule has 0 aromatic carbocycles. The van der Waals surface area contributed by atoms with E-state index in [1.54, 1.807) is 11.1 Å². The molecule has 3 rings (SSSR count). The second kappa shape index (κ2) is 26.3. The van der Waals surface area contributed by atoms with Crippen LogP contribution in [0.15, 0.2) is 23.3 Å². The third kappa shape index (κ3) is 16.9. The molecule has 3 aliphatic rings. The fourth-order valence-corrected chi connectivity index (χ4v) is 25.8. The summed E-state index contributed by atoms with van der Waals surface area (Å²) < 4.78 is 37.1. The Morgan fingerprint density at radius 3 is 1.51 bits per heavy atom. The van der Waals surface area contributed by atoms with E-state index in [1.807, 2.05) is 0 Å². The molecule has 10 heteroatoms. The van der Waals surface area contributed by atoms with Crippen LogP contribution in [0.5, 0.6) is 0 Å². The maximum Gasteiger partial charge on any atom is 0.192 e. The van der Waals surface area contributed by atoms with Gasteiger partial charge >= 0.3 is 0 Å². The van der Waals surface area contributed by atoms with Gasteiger partial charge in [-0.3, -0.25) is 0 Å². The lowest BCUT2D eigenvalue weighted by Gasteiger charge is -2.48. The predicted octanol–water partition coefficient (Wildman–Crippen LogP) is 20.6. The lowest BCUT2D eigenvalue weighted by molar-refractivity contribution is -0.0376. The highest BCUT2D eigenvalue weighted by molar-refractivity contribution is 6.75. The summed E-state index contributed by atoms with van der Waals surface area (Å²) in [4.78, 5) is 0. The fraction of sp³-hybridized carbons (Fsp3) is 0.934. The molecule has 71 heavy (non-hydrogen) atoms. The van der Waals surface area contributed by atoms with Crippen LogP contribution in [-0.4, -0.2) is 71.1 Å². The third-order valence-electron chi connectivity index (χ3n) is 21.3. The van der Waals surface area contributed by atoms with Gasteiger partial charge in [0.15, 0.2) is 41.6 Å². The summed E-state index contributed by atoms with van der Waals surface area (Å²) >= 11 is 0. The number of hydrogen-bond acceptors (Lipinski definition) is 5. The van der Waals surface area contributed by atoms with E-state index < -0.39 is 41.6 Å². The normalized spacial score (nSPS) is 25.8. The first-order valence-corrected chi connectivity index (χ1v) is 43.9. The van der Waals surface area contributed by atoms with Crippen molar-refractivity contribution in [1.29, 1.82) is 0 Å². The van der Waals surface area contributed by atoms with Crippen molar-refractivity contribution in [3.8, 4) is 0 Å². The summed E-state index contributed by atoms with van der Waals surface area (Å²) in [5.41, 5.74) is 3.21. The van der Waals surface area contributed by atoms with E-state index in [9.17, 15) is 0 Å². The van der Waals surface area contributed by atoms with Crippen LogP contribution in [0.25, 0.3) is 0 Å². The van der Waals surface area contributed by atoms with E-state index in [4.69, 9.17) is 22.1 Å². The Kier molecular flexibility index (Phi) is 24.4. The SMILES string of the molecule is CC[Si](CC)(CC)OC(CC[C@H](CCCC(C)(C)O[Si](CC)(CC)CC)C1CCC2C(=CC=C3CC(O[Si](C)(C)C(C)(C)C)C[C@H](O[Si](C)(C)C(C)(C)C)C3)CCC[C@@]21C)C(C)(C)O[Si](CC)(CC)CC. The zero-order valence-corrected chi connectivity index (χ0v) is 57.2. The minimum absolute atomic E-state index is 0.0811. The van der Waals surface area contributed by atoms with Gasteiger partial charge in [-0.2, -0.15) is 0 Å². The summed E-state index contributed by atoms with van der Waals surface area (Å²) in [6.07, 6.45) is 21.5. The molecule has 0 radical (unpaired) electrons. The highest BCUT2D eigenvalue weighted by Crippen LogP contribution is 2.61. The van der Waals surface area contributed by atoms with Crippen LogP contribution in [0, 0.1) is 23.2 Å². The van der Waals surface area contributed by atoms with Gasteiger partial charge in [-0.05, 0) is 212 Å². The fourth-order valence-electron chi connectivity index (χ4n) is 13.7. The molecule has 0 aliphatic heterocycles. The van der Waals surface area contributed by atoms with Gasteiger partial charge in [-0.15, -0.1) is 0 Å². The molecule has 5 nitrogen and oxygen atoms in total. The number of fused-ring (bicyclic) bond motifs is 1. The van der Waals surface area contributed by atoms with Crippen LogP contribution in [0.2, 0.25) is 90.7 Å². The molecule has 0 N–H and O–H groups in total. The molecule has 0 saturated heterocycles. The van der Waals surface area contributed by atoms with Crippen molar-refractivity contribution in [2.24, 2.45) is 23.2 Å². The maximum absolute atomic E-state index is 7.72. The second-order valence-corrected chi connectivity index (χ2v) is 52.1. The average Bonchev–Trinajstić information content (AvgIpc) is 3.65. The molecule has 3 saturated carbocycles. The van der Waals surface area contributed by atoms with Crippen molar-refractivity contribution in [3.05, 3.63) is 23.3 Å². The van der Waals surface area contributed by atoms with Crippen LogP contribution in [-0.2, 0) is 22.1 Å². The summed E-state index contributed by atoms with van der Waals surface area (Å²) in [7, 11) is -9.41. The van der Waals surface area contributed by atoms with Crippen LogP contribution >= 0.6 is 0 Å². The maximum atomic E-state index is 7.72. The van der Waals surface area contributed by atoms with E-state index in [-0.39, 0.29) is 39.6 Å². The summed E-state index contributed by atoms with van der Waals surface area (Å²) in [5.74, 6) is 2.04. The van der Waals surface area contributed by atoms with Gasteiger partial charge in [0, 0.05) is 0 Å². The smallest absolute Gasteiger partial charge is 0.192 e. The lowest BCUT2D eigenvalue weighted by Crippen LogP contribution is -2.54. The molecule has 3 aliphatic carbocycles. The Morgan fingerprint density at radius 2 is 1.06 bits per heavy atom. The first-order valence-electron chi connectivity index (χ1n) is 30.5. The van der Waals surface area contributed by atoms with E-state index in [2.05, 4.69) is 177 Å². The van der Waals surface area contributed by atoms with Gasteiger partial charge in [0.1, 0.15) is 0 Å². The molecule has 0 bridgehead atoms. The van der Waals surface area contributed by atoms with Crippen LogP contribution in [0.1, 0.15) is 222 Å². The molecule has 418 valence electrons. The third-order valence-corrected chi connectivity index (χ3v) is 44.7. The van der Waals surface area contributed by atoms with Crippen LogP contribution in [0.3, 0.4) is 0 Å². The molecular weight excluding hydrogens is 953 g/mol. The molecule has 3 fully saturated rings. The molecule has 0 amide bonds. The van der Waals surface area contributed by atoms with Gasteiger partial charge < -0.3 is 22.1 Å². The standard InChI is InChI=1S/C61H124O5Si5/c1-25-69(26-2,27-3)64-56(60(18,19)66-71(31-7,32-8)33-9)43-40-51(36-34-44-59(16,17)65-70(28-4,29-5)30-6)55-42-41-54-50(37-35-45-61(54,55)20)39-38-49-46-52(62-67(21,22)57(10,11)12)48-53(47-49)63-68(23,24)58(13,14)15/h38-39,51-56H,25-37,40-48H2,1-24H3/t51-,52+,53?,54?,55?,56?,61-/m0/s1. The van der Waals surface area contributed by atoms with E-state index >= 15 is 0 Å². The van der Waals surface area contributed by atoms with Gasteiger partial charge in [-0.1, -0.05) is 147 Å². The van der Waals surface area contributed by atoms with Gasteiger partial charge in [0.2, 0.25) is 0 Å². The molecular formula is C61H124O5Si5. The largest absolute Gasteiger partial charge is 0.414 e. The predicted molar refractivity (Wildman–Crippen MR) is 326 cm³/mol. The van der Waals surface area contributed by atoms with E-state index in [0.717, 1.165) is 32.1 Å². The monoisotopic (exact) mass is 1080 g/mol. The molecule has 4 unspecified atom stereocenters. The molecule has 0 heterocycles. The molecule has 7 atom stereocenters. The highest BCUT2D eigenvalue weighted by Gasteiger charge is 2.53. The molecule has 0 spiro atoms. The summed E-state index contributed by atoms with van der Waals surface area (Å²) in [6, 6.07) is 10.7. The zero-order chi connectivity index (χ0) is 54.1. The second-order valence-electron chi connectivity index (χ2n) is 28.4. The first-order chi connectivity index (χ1) is 32.7. The average molecular weight is 1080 g/mol. The Bertz CT molecular complexity index is 1600. The first kappa shape index (κ1) is 65.6. The van der Waals surface area contributed by atoms with Crippen molar-refractivity contribution in [3.63, 3.8) is 0 Å². The zero-order valence-electron chi connectivity index (χ0n) is 52.2. The van der Waals surface area contributed by atoms with Crippen molar-refractivity contribution >= 4 is 41.6 Å². The topological polar surface area (TPSA) is 46.2 Å². The van der Waals surface area contributed by atoms with Crippen molar-refractivity contribution in [1.82, 2.24) is 0 Å². The van der Waals surface area contributed by atoms with Gasteiger partial charge in [0.05, 0.1) is 29.5 Å². The van der Waals surface area contributed by atoms with Crippen molar-refractivity contribution < 1.29 is 22.1 Å². The Labute approximate surface area is 449 Å². The number of allylic oxidation sites excluding steroid dienone is 3. The van der Waals surface area contributed by atoms with Crippen molar-refractivity contribution in [2.45, 2.75) is 342 Å². The number of rotatable bonds is 29. The molecule has 0 aromatic rings. The van der Waals surface area contributed by atoms with E-state index in [0.29, 0.717) is 23.2 Å². The minimum Gasteiger partial charge on any atom is -0.414 e. The Balaban J connectivity index is 2.07. The van der Waals surface area contributed by atoms with Crippen LogP contribution in [0.4, 0.5) is 0 Å². The number of hydrogen-bond donors (Lipinski definition) is 0. The van der Waals surface area contributed by atoms with Crippen molar-refractivity contribution in [2.75, 3.05) is 0 Å². The highest BCUT2D eigenvalue weighted by atomic mass is 28.4. The van der Waals surface area contributed by atoms with Gasteiger partial charge in [-0.25, -0.2) is 0 Å². The summed E-state index contributed by atoms with van der Waals surface area (Å²) in [6.45, 7) is 58.0.